The molecule has 0 saturated carbocycles. The van der Waals surface area contributed by atoms with Crippen molar-refractivity contribution in [3.8, 4) is 0 Å². The number of nitrogens with zero attached hydrogens (tertiary/aromatic N) is 1. The summed E-state index contributed by atoms with van der Waals surface area (Å²) in [4.78, 5) is 14.3. The van der Waals surface area contributed by atoms with Gasteiger partial charge < -0.3 is 10.6 Å². The predicted molar refractivity (Wildman–Crippen MR) is 82.1 cm³/mol. The van der Waals surface area contributed by atoms with Gasteiger partial charge >= 0.3 is 0 Å². The average molecular weight is 287 g/mol. The molecule has 2 aromatic carbocycles. The number of rotatable bonds is 2. The monoisotopic (exact) mass is 286 g/mol. The van der Waals surface area contributed by atoms with Crippen LogP contribution >= 0.6 is 11.6 Å². The summed E-state index contributed by atoms with van der Waals surface area (Å²) in [6, 6.07) is 13.2. The topological polar surface area (TPSA) is 46.3 Å². The number of benzene rings is 2. The van der Waals surface area contributed by atoms with Crippen molar-refractivity contribution < 1.29 is 4.79 Å². The van der Waals surface area contributed by atoms with Crippen LogP contribution in [-0.2, 0) is 17.6 Å². The van der Waals surface area contributed by atoms with Crippen molar-refractivity contribution in [3.63, 3.8) is 0 Å². The lowest BCUT2D eigenvalue weighted by Crippen LogP contribution is -2.30. The standard InChI is InChI=1S/C16H15ClN2O/c17-13-3-1-2-11(8-13)9-16(20)19-7-6-12-4-5-14(18)10-15(12)19/h1-5,8,10H,6-7,9,18H2. The van der Waals surface area contributed by atoms with E-state index in [9.17, 15) is 4.79 Å². The van der Waals surface area contributed by atoms with Crippen LogP contribution in [0.4, 0.5) is 11.4 Å². The quantitative estimate of drug-likeness (QED) is 0.863. The van der Waals surface area contributed by atoms with Gasteiger partial charge in [-0.25, -0.2) is 0 Å². The van der Waals surface area contributed by atoms with Crippen molar-refractivity contribution >= 4 is 28.9 Å². The number of amides is 1. The first kappa shape index (κ1) is 13.0. The van der Waals surface area contributed by atoms with Crippen molar-refractivity contribution in [3.05, 3.63) is 58.6 Å². The second-order valence-corrected chi connectivity index (χ2v) is 5.43. The number of nitrogens with two attached hydrogens (primary N) is 1. The molecule has 1 amide bonds. The highest BCUT2D eigenvalue weighted by Gasteiger charge is 2.24. The number of carbonyl (C=O) groups is 1. The van der Waals surface area contributed by atoms with E-state index in [0.717, 1.165) is 24.2 Å². The normalized spacial score (nSPS) is 13.3. The Hall–Kier alpha value is -2.00. The van der Waals surface area contributed by atoms with Gasteiger partial charge in [0.25, 0.3) is 0 Å². The van der Waals surface area contributed by atoms with E-state index in [1.165, 1.54) is 5.56 Å². The lowest BCUT2D eigenvalue weighted by atomic mass is 10.1. The van der Waals surface area contributed by atoms with Crippen molar-refractivity contribution in [1.29, 1.82) is 0 Å². The summed E-state index contributed by atoms with van der Waals surface area (Å²) in [5.74, 6) is 0.0802. The molecule has 0 radical (unpaired) electrons. The Bertz CT molecular complexity index is 669. The van der Waals surface area contributed by atoms with Crippen LogP contribution in [0.25, 0.3) is 0 Å². The molecule has 3 rings (SSSR count). The molecule has 102 valence electrons. The highest BCUT2D eigenvalue weighted by Crippen LogP contribution is 2.30. The minimum atomic E-state index is 0.0802. The molecule has 0 aromatic heterocycles. The fourth-order valence-electron chi connectivity index (χ4n) is 2.57. The highest BCUT2D eigenvalue weighted by molar-refractivity contribution is 6.30. The van der Waals surface area contributed by atoms with Gasteiger partial charge in [0.2, 0.25) is 5.91 Å². The van der Waals surface area contributed by atoms with Crippen LogP contribution in [0, 0.1) is 0 Å². The molecular formula is C16H15ClN2O. The molecule has 2 N–H and O–H groups in total. The van der Waals surface area contributed by atoms with Crippen LogP contribution in [0.5, 0.6) is 0 Å². The zero-order valence-electron chi connectivity index (χ0n) is 11.0. The lowest BCUT2D eigenvalue weighted by Gasteiger charge is -2.17. The molecule has 0 aliphatic carbocycles. The number of hydrogen-bond acceptors (Lipinski definition) is 2. The molecule has 0 saturated heterocycles. The van der Waals surface area contributed by atoms with E-state index in [1.807, 2.05) is 41.3 Å². The van der Waals surface area contributed by atoms with Gasteiger partial charge in [0.1, 0.15) is 0 Å². The largest absolute Gasteiger partial charge is 0.399 e. The fourth-order valence-corrected chi connectivity index (χ4v) is 2.79. The van der Waals surface area contributed by atoms with Gasteiger partial charge in [-0.3, -0.25) is 4.79 Å². The first-order valence-electron chi connectivity index (χ1n) is 6.57. The minimum absolute atomic E-state index is 0.0802. The van der Waals surface area contributed by atoms with E-state index in [0.29, 0.717) is 17.1 Å². The van der Waals surface area contributed by atoms with E-state index < -0.39 is 0 Å². The molecule has 3 nitrogen and oxygen atoms in total. The van der Waals surface area contributed by atoms with Gasteiger partial charge in [0.05, 0.1) is 6.42 Å². The van der Waals surface area contributed by atoms with E-state index in [2.05, 4.69) is 0 Å². The third-order valence-corrected chi connectivity index (χ3v) is 3.79. The molecule has 0 atom stereocenters. The Labute approximate surface area is 123 Å². The maximum Gasteiger partial charge on any atom is 0.231 e. The highest BCUT2D eigenvalue weighted by atomic mass is 35.5. The maximum atomic E-state index is 12.4. The Morgan fingerprint density at radius 2 is 2.10 bits per heavy atom. The van der Waals surface area contributed by atoms with E-state index in [1.54, 1.807) is 6.07 Å². The molecule has 1 aliphatic heterocycles. The molecule has 2 aromatic rings. The number of hydrogen-bond donors (Lipinski definition) is 1. The average Bonchev–Trinajstić information content (AvgIpc) is 2.81. The molecule has 20 heavy (non-hydrogen) atoms. The third-order valence-electron chi connectivity index (χ3n) is 3.55. The number of fused-ring (bicyclic) bond motifs is 1. The zero-order valence-corrected chi connectivity index (χ0v) is 11.7. The second-order valence-electron chi connectivity index (χ2n) is 4.99. The summed E-state index contributed by atoms with van der Waals surface area (Å²) < 4.78 is 0. The van der Waals surface area contributed by atoms with Crippen molar-refractivity contribution in [1.82, 2.24) is 0 Å². The molecular weight excluding hydrogens is 272 g/mol. The molecule has 0 bridgehead atoms. The predicted octanol–water partition coefficient (Wildman–Crippen LogP) is 3.05. The molecule has 0 unspecified atom stereocenters. The maximum absolute atomic E-state index is 12.4. The fraction of sp³-hybridized carbons (Fsp3) is 0.188. The lowest BCUT2D eigenvalue weighted by molar-refractivity contribution is -0.117. The minimum Gasteiger partial charge on any atom is -0.399 e. The third kappa shape index (κ3) is 2.49. The SMILES string of the molecule is Nc1ccc2c(c1)N(C(=O)Cc1cccc(Cl)c1)CC2. The Morgan fingerprint density at radius 3 is 2.90 bits per heavy atom. The number of nitrogen functional groups attached to an aromatic ring is 1. The van der Waals surface area contributed by atoms with Gasteiger partial charge in [0, 0.05) is 22.9 Å². The molecule has 1 aliphatic rings. The van der Waals surface area contributed by atoms with Crippen LogP contribution in [0.1, 0.15) is 11.1 Å². The van der Waals surface area contributed by atoms with Gasteiger partial charge in [0.15, 0.2) is 0 Å². The summed E-state index contributed by atoms with van der Waals surface area (Å²) in [5, 5.41) is 0.654. The molecule has 0 fully saturated rings. The number of carbonyl (C=O) groups excluding carboxylic acids is 1. The van der Waals surface area contributed by atoms with Crippen LogP contribution in [0.15, 0.2) is 42.5 Å². The Morgan fingerprint density at radius 1 is 1.25 bits per heavy atom. The summed E-state index contributed by atoms with van der Waals surface area (Å²) >= 11 is 5.95. The summed E-state index contributed by atoms with van der Waals surface area (Å²) in [5.41, 5.74) is 9.55. The van der Waals surface area contributed by atoms with Gasteiger partial charge in [-0.1, -0.05) is 29.8 Å². The van der Waals surface area contributed by atoms with Gasteiger partial charge in [-0.2, -0.15) is 0 Å². The number of halogens is 1. The molecule has 1 heterocycles. The van der Waals surface area contributed by atoms with E-state index >= 15 is 0 Å². The Balaban J connectivity index is 1.82. The van der Waals surface area contributed by atoms with Gasteiger partial charge in [-0.15, -0.1) is 0 Å². The van der Waals surface area contributed by atoms with Crippen LogP contribution in [0.3, 0.4) is 0 Å². The van der Waals surface area contributed by atoms with Crippen molar-refractivity contribution in [2.75, 3.05) is 17.2 Å². The zero-order chi connectivity index (χ0) is 14.1. The molecule has 4 heteroatoms. The van der Waals surface area contributed by atoms with Crippen LogP contribution in [0.2, 0.25) is 5.02 Å². The van der Waals surface area contributed by atoms with E-state index in [-0.39, 0.29) is 5.91 Å². The molecule has 0 spiro atoms. The first-order chi connectivity index (χ1) is 9.63. The second kappa shape index (κ2) is 5.17. The first-order valence-corrected chi connectivity index (χ1v) is 6.94. The van der Waals surface area contributed by atoms with Crippen LogP contribution < -0.4 is 10.6 Å². The van der Waals surface area contributed by atoms with Gasteiger partial charge in [-0.05, 0) is 41.8 Å². The Kier molecular flexibility index (Phi) is 3.36. The van der Waals surface area contributed by atoms with Crippen LogP contribution in [-0.4, -0.2) is 12.5 Å². The summed E-state index contributed by atoms with van der Waals surface area (Å²) in [7, 11) is 0. The van der Waals surface area contributed by atoms with E-state index in [4.69, 9.17) is 17.3 Å². The summed E-state index contributed by atoms with van der Waals surface area (Å²) in [6.07, 6.45) is 1.24. The van der Waals surface area contributed by atoms with Crippen molar-refractivity contribution in [2.24, 2.45) is 0 Å². The smallest absolute Gasteiger partial charge is 0.231 e. The van der Waals surface area contributed by atoms with Crippen molar-refractivity contribution in [2.45, 2.75) is 12.8 Å². The summed E-state index contributed by atoms with van der Waals surface area (Å²) in [6.45, 7) is 0.720. The number of anilines is 2.